The fourth-order valence-electron chi connectivity index (χ4n) is 5.03. The van der Waals surface area contributed by atoms with Crippen molar-refractivity contribution in [2.24, 2.45) is 7.05 Å². The van der Waals surface area contributed by atoms with Crippen LogP contribution >= 0.6 is 11.6 Å². The van der Waals surface area contributed by atoms with Crippen molar-refractivity contribution in [1.29, 1.82) is 0 Å². The number of aromatic nitrogens is 5. The summed E-state index contributed by atoms with van der Waals surface area (Å²) in [6.45, 7) is 4.14. The number of nitrogens with zero attached hydrogens (tertiary/aromatic N) is 6. The van der Waals surface area contributed by atoms with Gasteiger partial charge in [0.2, 0.25) is 5.82 Å². The molecule has 0 saturated carbocycles. The summed E-state index contributed by atoms with van der Waals surface area (Å²) >= 11 is 6.28. The molecule has 2 aromatic heterocycles. The van der Waals surface area contributed by atoms with Crippen LogP contribution in [-0.2, 0) is 13.5 Å². The highest BCUT2D eigenvalue weighted by molar-refractivity contribution is 6.30. The molecule has 0 saturated heterocycles. The van der Waals surface area contributed by atoms with E-state index in [4.69, 9.17) is 16.7 Å². The average molecular weight is 493 g/mol. The first-order valence-electron chi connectivity index (χ1n) is 11.7. The topological polar surface area (TPSA) is 68.8 Å². The molecule has 180 valence electrons. The first-order chi connectivity index (χ1) is 16.9. The van der Waals surface area contributed by atoms with E-state index in [9.17, 15) is 9.18 Å². The van der Waals surface area contributed by atoms with Gasteiger partial charge in [0.1, 0.15) is 12.1 Å². The second-order valence-electron chi connectivity index (χ2n) is 8.74. The van der Waals surface area contributed by atoms with Crippen LogP contribution in [0, 0.1) is 5.82 Å². The van der Waals surface area contributed by atoms with Crippen molar-refractivity contribution in [3.8, 4) is 16.9 Å². The van der Waals surface area contributed by atoms with Gasteiger partial charge in [0.05, 0.1) is 23.1 Å². The average Bonchev–Trinajstić information content (AvgIpc) is 3.47. The summed E-state index contributed by atoms with van der Waals surface area (Å²) < 4.78 is 17.0. The van der Waals surface area contributed by atoms with Gasteiger partial charge in [0.15, 0.2) is 0 Å². The highest BCUT2D eigenvalue weighted by Gasteiger charge is 2.41. The summed E-state index contributed by atoms with van der Waals surface area (Å²) in [6.07, 6.45) is 3.59. The van der Waals surface area contributed by atoms with Crippen LogP contribution in [-0.4, -0.2) is 41.4 Å². The Morgan fingerprint density at radius 1 is 1.11 bits per heavy atom. The number of rotatable bonds is 5. The van der Waals surface area contributed by atoms with Crippen molar-refractivity contribution >= 4 is 17.5 Å². The molecule has 35 heavy (non-hydrogen) atoms. The minimum Gasteiger partial charge on any atom is -0.324 e. The Hall–Kier alpha value is -3.52. The first kappa shape index (κ1) is 23.2. The number of halogens is 2. The van der Waals surface area contributed by atoms with E-state index < -0.39 is 0 Å². The summed E-state index contributed by atoms with van der Waals surface area (Å²) in [6, 6.07) is 13.5. The molecular weight excluding hydrogens is 467 g/mol. The zero-order chi connectivity index (χ0) is 24.7. The fourth-order valence-corrected chi connectivity index (χ4v) is 5.22. The van der Waals surface area contributed by atoms with E-state index in [2.05, 4.69) is 23.9 Å². The molecule has 2 aromatic carbocycles. The van der Waals surface area contributed by atoms with Crippen LogP contribution in [0.3, 0.4) is 0 Å². The number of benzene rings is 2. The molecule has 0 spiro atoms. The van der Waals surface area contributed by atoms with Gasteiger partial charge in [-0.2, -0.15) is 5.10 Å². The van der Waals surface area contributed by atoms with Gasteiger partial charge in [-0.1, -0.05) is 43.6 Å². The zero-order valence-electron chi connectivity index (χ0n) is 19.8. The zero-order valence-corrected chi connectivity index (χ0v) is 20.6. The summed E-state index contributed by atoms with van der Waals surface area (Å²) in [7, 11) is 1.93. The summed E-state index contributed by atoms with van der Waals surface area (Å²) in [5, 5.41) is 9.91. The lowest BCUT2D eigenvalue weighted by molar-refractivity contribution is 0.0500. The lowest BCUT2D eigenvalue weighted by atomic mass is 9.87. The minimum absolute atomic E-state index is 0.0387. The Kier molecular flexibility index (Phi) is 6.15. The molecule has 3 heterocycles. The minimum atomic E-state index is -0.378. The number of carbonyl (C=O) groups excluding carboxylic acids is 1. The van der Waals surface area contributed by atoms with Crippen molar-refractivity contribution in [1.82, 2.24) is 29.4 Å². The van der Waals surface area contributed by atoms with Crippen LogP contribution in [0.25, 0.3) is 16.9 Å². The number of carbonyl (C=O) groups is 1. The van der Waals surface area contributed by atoms with Crippen molar-refractivity contribution in [3.05, 3.63) is 82.8 Å². The van der Waals surface area contributed by atoms with Gasteiger partial charge in [-0.15, -0.1) is 5.10 Å². The number of aryl methyl sites for hydroxylation is 1. The van der Waals surface area contributed by atoms with Crippen LogP contribution in [0.5, 0.6) is 0 Å². The maximum atomic E-state index is 13.7. The summed E-state index contributed by atoms with van der Waals surface area (Å²) in [5.74, 6) is -0.544. The Balaban J connectivity index is 1.53. The lowest BCUT2D eigenvalue weighted by Crippen LogP contribution is -2.47. The molecule has 5 rings (SSSR count). The molecule has 4 aromatic rings. The maximum Gasteiger partial charge on any atom is 0.294 e. The Bertz CT molecular complexity index is 1400. The molecule has 0 radical (unpaired) electrons. The van der Waals surface area contributed by atoms with E-state index in [0.717, 1.165) is 28.9 Å². The molecule has 7 nitrogen and oxygen atoms in total. The Morgan fingerprint density at radius 3 is 2.63 bits per heavy atom. The van der Waals surface area contributed by atoms with E-state index in [1.54, 1.807) is 12.1 Å². The SMILES string of the molecule is CCC1Cc2c(nn(C)c2-c2cccc(Cl)c2)C(CC)N1C(=O)c1ncn(-c2cccc(F)c2)n1. The molecule has 0 fully saturated rings. The number of hydrogen-bond donors (Lipinski definition) is 0. The molecule has 1 aliphatic rings. The van der Waals surface area contributed by atoms with Crippen molar-refractivity contribution in [2.75, 3.05) is 0 Å². The normalized spacial score (nSPS) is 17.5. The number of amides is 1. The molecule has 0 aliphatic carbocycles. The maximum absolute atomic E-state index is 13.7. The van der Waals surface area contributed by atoms with E-state index >= 15 is 0 Å². The third kappa shape index (κ3) is 4.12. The first-order valence-corrected chi connectivity index (χ1v) is 12.1. The molecule has 2 unspecified atom stereocenters. The fraction of sp³-hybridized carbons (Fsp3) is 0.308. The molecule has 1 amide bonds. The van der Waals surface area contributed by atoms with Crippen LogP contribution in [0.4, 0.5) is 4.39 Å². The summed E-state index contributed by atoms with van der Waals surface area (Å²) in [5.41, 5.74) is 4.59. The van der Waals surface area contributed by atoms with Gasteiger partial charge in [-0.05, 0) is 49.6 Å². The standard InChI is InChI=1S/C26H26ClFN6O/c1-4-19-14-21-23(30-32(3)24(21)16-8-6-9-17(27)12-16)22(5-2)34(19)26(35)25-29-15-33(31-25)20-11-7-10-18(28)13-20/h6-13,15,19,22H,4-5,14H2,1-3H3. The third-order valence-corrected chi connectivity index (χ3v) is 6.84. The second kappa shape index (κ2) is 9.26. The van der Waals surface area contributed by atoms with Gasteiger partial charge >= 0.3 is 0 Å². The molecule has 0 N–H and O–H groups in total. The predicted octanol–water partition coefficient (Wildman–Crippen LogP) is 5.39. The van der Waals surface area contributed by atoms with Crippen molar-refractivity contribution in [2.45, 2.75) is 45.2 Å². The van der Waals surface area contributed by atoms with E-state index in [0.29, 0.717) is 23.6 Å². The van der Waals surface area contributed by atoms with Gasteiger partial charge < -0.3 is 4.90 Å². The number of hydrogen-bond acceptors (Lipinski definition) is 4. The van der Waals surface area contributed by atoms with Crippen molar-refractivity contribution in [3.63, 3.8) is 0 Å². The smallest absolute Gasteiger partial charge is 0.294 e. The molecule has 1 aliphatic heterocycles. The monoisotopic (exact) mass is 492 g/mol. The third-order valence-electron chi connectivity index (χ3n) is 6.61. The van der Waals surface area contributed by atoms with Crippen LogP contribution in [0.2, 0.25) is 5.02 Å². The van der Waals surface area contributed by atoms with E-state index in [1.807, 2.05) is 40.9 Å². The van der Waals surface area contributed by atoms with Crippen LogP contribution < -0.4 is 0 Å². The molecule has 0 bridgehead atoms. The van der Waals surface area contributed by atoms with Gasteiger partial charge in [0, 0.05) is 29.2 Å². The van der Waals surface area contributed by atoms with Gasteiger partial charge in [-0.25, -0.2) is 14.1 Å². The molecule has 2 atom stereocenters. The quantitative estimate of drug-likeness (QED) is 0.374. The Labute approximate surface area is 208 Å². The van der Waals surface area contributed by atoms with Gasteiger partial charge in [0.25, 0.3) is 5.91 Å². The number of fused-ring (bicyclic) bond motifs is 1. The van der Waals surface area contributed by atoms with Crippen LogP contribution in [0.1, 0.15) is 54.6 Å². The Morgan fingerprint density at radius 2 is 1.91 bits per heavy atom. The van der Waals surface area contributed by atoms with Crippen LogP contribution in [0.15, 0.2) is 54.9 Å². The largest absolute Gasteiger partial charge is 0.324 e. The molecular formula is C26H26ClFN6O. The molecule has 9 heteroatoms. The highest BCUT2D eigenvalue weighted by atomic mass is 35.5. The second-order valence-corrected chi connectivity index (χ2v) is 9.18. The van der Waals surface area contributed by atoms with Gasteiger partial charge in [-0.3, -0.25) is 9.48 Å². The highest BCUT2D eigenvalue weighted by Crippen LogP contribution is 2.41. The lowest BCUT2D eigenvalue weighted by Gasteiger charge is -2.40. The predicted molar refractivity (Wildman–Crippen MR) is 132 cm³/mol. The van der Waals surface area contributed by atoms with E-state index in [1.165, 1.54) is 23.1 Å². The van der Waals surface area contributed by atoms with Crippen molar-refractivity contribution < 1.29 is 9.18 Å². The van der Waals surface area contributed by atoms with E-state index in [-0.39, 0.29) is 29.6 Å². The summed E-state index contributed by atoms with van der Waals surface area (Å²) in [4.78, 5) is 19.9.